The first-order valence-corrected chi connectivity index (χ1v) is 4.76. The molecule has 0 amide bonds. The van der Waals surface area contributed by atoms with Gasteiger partial charge in [0.1, 0.15) is 5.85 Å². The Hall–Kier alpha value is 0.350. The third kappa shape index (κ3) is 0.739. The van der Waals surface area contributed by atoms with Gasteiger partial charge in [-0.1, -0.05) is 0 Å². The van der Waals surface area contributed by atoms with Crippen LogP contribution in [0.5, 0.6) is 0 Å². The van der Waals surface area contributed by atoms with Gasteiger partial charge in [-0.15, -0.1) is 0 Å². The van der Waals surface area contributed by atoms with Gasteiger partial charge in [0.2, 0.25) is 0 Å². The Morgan fingerprint density at radius 3 is 2.78 bits per heavy atom. The maximum Gasteiger partial charge on any atom is 0.131 e. The molecule has 0 bridgehead atoms. The predicted octanol–water partition coefficient (Wildman–Crippen LogP) is 1.55. The minimum atomic E-state index is -0.201. The molecule has 2 nitrogen and oxygen atoms in total. The summed E-state index contributed by atoms with van der Waals surface area (Å²) in [5, 5.41) is 0. The first-order chi connectivity index (χ1) is 4.26. The summed E-state index contributed by atoms with van der Waals surface area (Å²) in [5.74, 6) is 0.484. The Kier molecular flexibility index (Phi) is 1.14. The molecule has 0 saturated carbocycles. The Labute approximate surface area is 56.4 Å². The van der Waals surface area contributed by atoms with Crippen molar-refractivity contribution in [3.05, 3.63) is 0 Å². The summed E-state index contributed by atoms with van der Waals surface area (Å²) in [7, 11) is 1.59. The molecule has 0 aliphatic carbocycles. The maximum atomic E-state index is 5.45. The van der Waals surface area contributed by atoms with Gasteiger partial charge in [-0.25, -0.2) is 0 Å². The minimum Gasteiger partial charge on any atom is -0.360 e. The fraction of sp³-hybridized carbons (Fsp3) is 1.00. The average Bonchev–Trinajstić information content (AvgIpc) is 2.39. The van der Waals surface area contributed by atoms with Crippen LogP contribution in [0.25, 0.3) is 0 Å². The van der Waals surface area contributed by atoms with Crippen LogP contribution in [0, 0.1) is 0 Å². The van der Waals surface area contributed by atoms with Crippen molar-refractivity contribution in [3.63, 3.8) is 0 Å². The van der Waals surface area contributed by atoms with Gasteiger partial charge in [0.25, 0.3) is 0 Å². The van der Waals surface area contributed by atoms with Crippen molar-refractivity contribution >= 4 is 8.15 Å². The molecule has 2 fully saturated rings. The van der Waals surface area contributed by atoms with Gasteiger partial charge < -0.3 is 9.26 Å². The van der Waals surface area contributed by atoms with Crippen molar-refractivity contribution in [2.45, 2.75) is 24.8 Å². The van der Waals surface area contributed by atoms with E-state index < -0.39 is 0 Å². The second-order valence-electron chi connectivity index (χ2n) is 2.86. The van der Waals surface area contributed by atoms with Crippen LogP contribution in [0.15, 0.2) is 0 Å². The lowest BCUT2D eigenvalue weighted by molar-refractivity contribution is 0.300. The van der Waals surface area contributed by atoms with Crippen LogP contribution in [0.3, 0.4) is 0 Å². The average molecular weight is 146 g/mol. The molecule has 0 aromatic rings. The number of hydrogen-bond donors (Lipinski definition) is 0. The van der Waals surface area contributed by atoms with Gasteiger partial charge in [0.15, 0.2) is 0 Å². The topological polar surface area (TPSA) is 21.8 Å². The molecule has 2 saturated heterocycles. The van der Waals surface area contributed by atoms with E-state index in [0.29, 0.717) is 5.85 Å². The number of ether oxygens (including phenoxy) is 1. The molecule has 0 N–H and O–H groups in total. The Morgan fingerprint density at radius 1 is 1.78 bits per heavy atom. The molecule has 3 unspecified atom stereocenters. The first kappa shape index (κ1) is 6.09. The molecule has 3 atom stereocenters. The smallest absolute Gasteiger partial charge is 0.131 e. The van der Waals surface area contributed by atoms with Crippen molar-refractivity contribution < 1.29 is 9.26 Å². The highest BCUT2D eigenvalue weighted by molar-refractivity contribution is 7.54. The molecular formula is C6H11O2P. The van der Waals surface area contributed by atoms with Crippen LogP contribution >= 0.6 is 8.15 Å². The highest BCUT2D eigenvalue weighted by Crippen LogP contribution is 2.66. The zero-order valence-electron chi connectivity index (χ0n) is 5.76. The van der Waals surface area contributed by atoms with E-state index in [9.17, 15) is 0 Å². The molecule has 9 heavy (non-hydrogen) atoms. The van der Waals surface area contributed by atoms with E-state index in [1.807, 2.05) is 0 Å². The summed E-state index contributed by atoms with van der Waals surface area (Å²) in [6, 6.07) is 0. The number of rotatable bonds is 1. The van der Waals surface area contributed by atoms with Crippen LogP contribution in [0.2, 0.25) is 0 Å². The summed E-state index contributed by atoms with van der Waals surface area (Å²) in [4.78, 5) is 0. The Balaban J connectivity index is 2.04. The molecule has 52 valence electrons. The van der Waals surface area contributed by atoms with Gasteiger partial charge in [0, 0.05) is 7.11 Å². The minimum absolute atomic E-state index is 0.201. The van der Waals surface area contributed by atoms with Crippen LogP contribution < -0.4 is 0 Å². The highest BCUT2D eigenvalue weighted by atomic mass is 31.1. The molecule has 2 rings (SSSR count). The van der Waals surface area contributed by atoms with Crippen LogP contribution in [0.4, 0.5) is 0 Å². The monoisotopic (exact) mass is 146 g/mol. The first-order valence-electron chi connectivity index (χ1n) is 3.25. The maximum absolute atomic E-state index is 5.45. The molecule has 2 aliphatic heterocycles. The third-order valence-electron chi connectivity index (χ3n) is 2.17. The summed E-state index contributed by atoms with van der Waals surface area (Å²) >= 11 is 0. The second kappa shape index (κ2) is 1.69. The number of epoxide rings is 1. The van der Waals surface area contributed by atoms with Crippen LogP contribution in [-0.2, 0) is 9.26 Å². The van der Waals surface area contributed by atoms with Gasteiger partial charge in [-0.3, -0.25) is 0 Å². The van der Waals surface area contributed by atoms with E-state index in [1.54, 1.807) is 7.11 Å². The highest BCUT2D eigenvalue weighted by Gasteiger charge is 2.61. The largest absolute Gasteiger partial charge is 0.360 e. The van der Waals surface area contributed by atoms with Crippen molar-refractivity contribution in [2.24, 2.45) is 0 Å². The van der Waals surface area contributed by atoms with Crippen molar-refractivity contribution in [1.29, 1.82) is 0 Å². The molecular weight excluding hydrogens is 135 g/mol. The summed E-state index contributed by atoms with van der Waals surface area (Å²) in [6.07, 6.45) is 2.45. The molecule has 0 spiro atoms. The SMILES string of the molecule is COP1CCC2(C)OC12. The van der Waals surface area contributed by atoms with Gasteiger partial charge in [-0.2, -0.15) is 0 Å². The van der Waals surface area contributed by atoms with E-state index in [1.165, 1.54) is 12.6 Å². The van der Waals surface area contributed by atoms with E-state index in [-0.39, 0.29) is 13.7 Å². The Bertz CT molecular complexity index is 139. The lowest BCUT2D eigenvalue weighted by Gasteiger charge is -2.05. The molecule has 3 heteroatoms. The third-order valence-corrected chi connectivity index (χ3v) is 4.48. The van der Waals surface area contributed by atoms with Crippen molar-refractivity contribution in [3.8, 4) is 0 Å². The zero-order chi connectivity index (χ0) is 6.48. The second-order valence-corrected chi connectivity index (χ2v) is 4.97. The van der Waals surface area contributed by atoms with Crippen LogP contribution in [-0.4, -0.2) is 24.7 Å². The Morgan fingerprint density at radius 2 is 2.56 bits per heavy atom. The van der Waals surface area contributed by atoms with E-state index in [4.69, 9.17) is 9.26 Å². The normalized spacial score (nSPS) is 55.3. The number of hydrogen-bond acceptors (Lipinski definition) is 2. The lowest BCUT2D eigenvalue weighted by atomic mass is 10.1. The molecule has 2 heterocycles. The quantitative estimate of drug-likeness (QED) is 0.413. The van der Waals surface area contributed by atoms with Crippen molar-refractivity contribution in [2.75, 3.05) is 13.3 Å². The molecule has 2 aliphatic rings. The summed E-state index contributed by atoms with van der Waals surface area (Å²) < 4.78 is 10.7. The molecule has 0 aromatic heterocycles. The fourth-order valence-corrected chi connectivity index (χ4v) is 3.77. The molecule has 0 radical (unpaired) electrons. The summed E-state index contributed by atoms with van der Waals surface area (Å²) in [5.41, 5.74) is 0.238. The zero-order valence-corrected chi connectivity index (χ0v) is 6.65. The number of fused-ring (bicyclic) bond motifs is 1. The molecule has 0 aromatic carbocycles. The van der Waals surface area contributed by atoms with E-state index in [2.05, 4.69) is 6.92 Å². The van der Waals surface area contributed by atoms with E-state index in [0.717, 1.165) is 0 Å². The van der Waals surface area contributed by atoms with Crippen LogP contribution in [0.1, 0.15) is 13.3 Å². The summed E-state index contributed by atoms with van der Waals surface area (Å²) in [6.45, 7) is 2.18. The predicted molar refractivity (Wildman–Crippen MR) is 36.7 cm³/mol. The van der Waals surface area contributed by atoms with E-state index >= 15 is 0 Å². The van der Waals surface area contributed by atoms with Gasteiger partial charge >= 0.3 is 0 Å². The fourth-order valence-electron chi connectivity index (χ4n) is 1.40. The van der Waals surface area contributed by atoms with Gasteiger partial charge in [0.05, 0.1) is 13.7 Å². The van der Waals surface area contributed by atoms with Gasteiger partial charge in [-0.05, 0) is 19.5 Å². The lowest BCUT2D eigenvalue weighted by Crippen LogP contribution is -2.00. The standard InChI is InChI=1S/C6H11O2P/c1-6-3-4-9(7-2)5(6)8-6/h5H,3-4H2,1-2H3. The van der Waals surface area contributed by atoms with Crippen molar-refractivity contribution in [1.82, 2.24) is 0 Å².